The van der Waals surface area contributed by atoms with Crippen molar-refractivity contribution in [3.05, 3.63) is 65.2 Å². The van der Waals surface area contributed by atoms with Gasteiger partial charge in [0.1, 0.15) is 12.4 Å². The van der Waals surface area contributed by atoms with Crippen LogP contribution in [0.4, 0.5) is 0 Å². The third kappa shape index (κ3) is 3.83. The van der Waals surface area contributed by atoms with E-state index in [1.807, 2.05) is 24.3 Å². The number of rotatable bonds is 6. The lowest BCUT2D eigenvalue weighted by atomic mass is 10.1. The summed E-state index contributed by atoms with van der Waals surface area (Å²) in [6.45, 7) is 1.02. The fourth-order valence-electron chi connectivity index (χ4n) is 1.87. The number of nitrogens with two attached hydrogens (primary N) is 1. The first-order valence-electron chi connectivity index (χ1n) is 6.43. The van der Waals surface area contributed by atoms with Crippen LogP contribution in [-0.4, -0.2) is 17.6 Å². The van der Waals surface area contributed by atoms with Crippen LogP contribution < -0.4 is 10.5 Å². The molecule has 0 bridgehead atoms. The molecule has 0 aliphatic rings. The van der Waals surface area contributed by atoms with Gasteiger partial charge in [-0.2, -0.15) is 0 Å². The molecule has 20 heavy (non-hydrogen) atoms. The molecule has 3 N–H and O–H groups in total. The maximum atomic E-state index is 10.7. The number of aromatic carboxylic acids is 1. The Morgan fingerprint density at radius 3 is 2.50 bits per heavy atom. The van der Waals surface area contributed by atoms with E-state index in [-0.39, 0.29) is 5.56 Å². The van der Waals surface area contributed by atoms with Gasteiger partial charge in [0, 0.05) is 0 Å². The first-order chi connectivity index (χ1) is 9.69. The Balaban J connectivity index is 1.97. The minimum Gasteiger partial charge on any atom is -0.489 e. The zero-order valence-electron chi connectivity index (χ0n) is 11.1. The highest BCUT2D eigenvalue weighted by atomic mass is 16.5. The Bertz CT molecular complexity index is 579. The van der Waals surface area contributed by atoms with Gasteiger partial charge in [0.05, 0.1) is 5.56 Å². The third-order valence-corrected chi connectivity index (χ3v) is 2.94. The van der Waals surface area contributed by atoms with Crippen molar-refractivity contribution in [3.8, 4) is 5.75 Å². The van der Waals surface area contributed by atoms with Gasteiger partial charge in [0.15, 0.2) is 0 Å². The minimum atomic E-state index is -0.924. The second-order valence-corrected chi connectivity index (χ2v) is 4.48. The van der Waals surface area contributed by atoms with Crippen molar-refractivity contribution in [1.29, 1.82) is 0 Å². The van der Waals surface area contributed by atoms with Crippen LogP contribution in [0.25, 0.3) is 0 Å². The van der Waals surface area contributed by atoms with Gasteiger partial charge < -0.3 is 15.6 Å². The van der Waals surface area contributed by atoms with Crippen LogP contribution in [0.15, 0.2) is 48.5 Å². The maximum Gasteiger partial charge on any atom is 0.335 e. The van der Waals surface area contributed by atoms with Crippen molar-refractivity contribution in [2.24, 2.45) is 5.73 Å². The molecule has 4 heteroatoms. The van der Waals surface area contributed by atoms with E-state index in [0.29, 0.717) is 13.2 Å². The summed E-state index contributed by atoms with van der Waals surface area (Å²) in [6.07, 6.45) is 0.824. The number of benzene rings is 2. The summed E-state index contributed by atoms with van der Waals surface area (Å²) < 4.78 is 5.69. The molecule has 0 amide bonds. The smallest absolute Gasteiger partial charge is 0.335 e. The highest BCUT2D eigenvalue weighted by molar-refractivity contribution is 5.87. The number of carbonyl (C=O) groups is 1. The first-order valence-corrected chi connectivity index (χ1v) is 6.43. The van der Waals surface area contributed by atoms with Crippen molar-refractivity contribution in [3.63, 3.8) is 0 Å². The van der Waals surface area contributed by atoms with Crippen LogP contribution >= 0.6 is 0 Å². The summed E-state index contributed by atoms with van der Waals surface area (Å²) in [5.41, 5.74) is 7.88. The molecular formula is C16H17NO3. The largest absolute Gasteiger partial charge is 0.489 e. The van der Waals surface area contributed by atoms with Gasteiger partial charge in [-0.05, 0) is 48.4 Å². The second kappa shape index (κ2) is 6.73. The van der Waals surface area contributed by atoms with E-state index in [2.05, 4.69) is 0 Å². The fourth-order valence-corrected chi connectivity index (χ4v) is 1.87. The second-order valence-electron chi connectivity index (χ2n) is 4.48. The monoisotopic (exact) mass is 271 g/mol. The lowest BCUT2D eigenvalue weighted by molar-refractivity contribution is 0.0697. The summed E-state index contributed by atoms with van der Waals surface area (Å²) in [5, 5.41) is 8.82. The Morgan fingerprint density at radius 1 is 1.10 bits per heavy atom. The lowest BCUT2D eigenvalue weighted by Crippen LogP contribution is -2.03. The van der Waals surface area contributed by atoms with E-state index in [1.165, 1.54) is 0 Å². The van der Waals surface area contributed by atoms with Crippen LogP contribution in [0.3, 0.4) is 0 Å². The molecule has 0 aliphatic carbocycles. The molecule has 0 unspecified atom stereocenters. The summed E-state index contributed by atoms with van der Waals surface area (Å²) >= 11 is 0. The summed E-state index contributed by atoms with van der Waals surface area (Å²) in [7, 11) is 0. The molecule has 0 heterocycles. The molecule has 0 aliphatic heterocycles. The molecule has 104 valence electrons. The van der Waals surface area contributed by atoms with E-state index in [0.717, 1.165) is 23.3 Å². The normalized spacial score (nSPS) is 10.2. The quantitative estimate of drug-likeness (QED) is 0.846. The number of hydrogen-bond acceptors (Lipinski definition) is 3. The lowest BCUT2D eigenvalue weighted by Gasteiger charge is -2.08. The van der Waals surface area contributed by atoms with Gasteiger partial charge in [-0.15, -0.1) is 0 Å². The number of ether oxygens (including phenoxy) is 1. The van der Waals surface area contributed by atoms with E-state index in [1.54, 1.807) is 24.3 Å². The van der Waals surface area contributed by atoms with Gasteiger partial charge in [-0.25, -0.2) is 4.79 Å². The Hall–Kier alpha value is -2.33. The van der Waals surface area contributed by atoms with Crippen LogP contribution in [0.1, 0.15) is 21.5 Å². The molecule has 0 saturated heterocycles. The topological polar surface area (TPSA) is 72.5 Å². The van der Waals surface area contributed by atoms with Crippen LogP contribution in [0.2, 0.25) is 0 Å². The SMILES string of the molecule is NCCc1cccc(OCc2ccc(C(=O)O)cc2)c1. The Labute approximate surface area is 117 Å². The van der Waals surface area contributed by atoms with E-state index < -0.39 is 5.97 Å². The molecule has 2 aromatic rings. The predicted molar refractivity (Wildman–Crippen MR) is 76.9 cm³/mol. The van der Waals surface area contributed by atoms with Gasteiger partial charge in [0.2, 0.25) is 0 Å². The first kappa shape index (κ1) is 14.1. The zero-order chi connectivity index (χ0) is 14.4. The summed E-state index contributed by atoms with van der Waals surface area (Å²) in [4.78, 5) is 10.7. The van der Waals surface area contributed by atoms with Crippen LogP contribution in [-0.2, 0) is 13.0 Å². The van der Waals surface area contributed by atoms with Gasteiger partial charge >= 0.3 is 5.97 Å². The highest BCUT2D eigenvalue weighted by Crippen LogP contribution is 2.15. The van der Waals surface area contributed by atoms with Gasteiger partial charge in [-0.1, -0.05) is 24.3 Å². The average molecular weight is 271 g/mol. The predicted octanol–water partition coefficient (Wildman–Crippen LogP) is 2.47. The zero-order valence-corrected chi connectivity index (χ0v) is 11.1. The van der Waals surface area contributed by atoms with Crippen molar-refractivity contribution in [1.82, 2.24) is 0 Å². The molecule has 0 fully saturated rings. The van der Waals surface area contributed by atoms with E-state index in [4.69, 9.17) is 15.6 Å². The third-order valence-electron chi connectivity index (χ3n) is 2.94. The molecule has 0 radical (unpaired) electrons. The number of carboxylic acid groups (broad SMARTS) is 1. The molecule has 0 atom stereocenters. The van der Waals surface area contributed by atoms with Crippen LogP contribution in [0, 0.1) is 0 Å². The van der Waals surface area contributed by atoms with Crippen molar-refractivity contribution in [2.75, 3.05) is 6.54 Å². The van der Waals surface area contributed by atoms with Crippen LogP contribution in [0.5, 0.6) is 5.75 Å². The average Bonchev–Trinajstić information content (AvgIpc) is 2.46. The molecule has 0 spiro atoms. The highest BCUT2D eigenvalue weighted by Gasteiger charge is 2.02. The van der Waals surface area contributed by atoms with Gasteiger partial charge in [-0.3, -0.25) is 0 Å². The van der Waals surface area contributed by atoms with Crippen molar-refractivity contribution in [2.45, 2.75) is 13.0 Å². The van der Waals surface area contributed by atoms with E-state index >= 15 is 0 Å². The summed E-state index contributed by atoms with van der Waals surface area (Å²) in [5.74, 6) is -0.134. The fraction of sp³-hybridized carbons (Fsp3) is 0.188. The molecular weight excluding hydrogens is 254 g/mol. The van der Waals surface area contributed by atoms with Crippen molar-refractivity contribution < 1.29 is 14.6 Å². The molecule has 2 aromatic carbocycles. The molecule has 4 nitrogen and oxygen atoms in total. The van der Waals surface area contributed by atoms with Gasteiger partial charge in [0.25, 0.3) is 0 Å². The Morgan fingerprint density at radius 2 is 1.85 bits per heavy atom. The maximum absolute atomic E-state index is 10.7. The number of hydrogen-bond donors (Lipinski definition) is 2. The standard InChI is InChI=1S/C16H17NO3/c17-9-8-12-2-1-3-15(10-12)20-11-13-4-6-14(7-5-13)16(18)19/h1-7,10H,8-9,11,17H2,(H,18,19). The molecule has 0 aromatic heterocycles. The molecule has 0 saturated carbocycles. The van der Waals surface area contributed by atoms with E-state index in [9.17, 15) is 4.79 Å². The minimum absolute atomic E-state index is 0.277. The molecule has 2 rings (SSSR count). The Kier molecular flexibility index (Phi) is 4.74. The summed E-state index contributed by atoms with van der Waals surface area (Å²) in [6, 6.07) is 14.5. The van der Waals surface area contributed by atoms with Crippen molar-refractivity contribution >= 4 is 5.97 Å². The number of carboxylic acids is 1.